The Morgan fingerprint density at radius 1 is 0.429 bits per heavy atom. The Kier molecular flexibility index (Phi) is 40.8. The van der Waals surface area contributed by atoms with Gasteiger partial charge in [-0.1, -0.05) is 163 Å². The van der Waals surface area contributed by atoms with Crippen LogP contribution >= 0.6 is 0 Å². The molecule has 0 aromatic heterocycles. The highest BCUT2D eigenvalue weighted by Crippen LogP contribution is 2.21. The first-order valence-electron chi connectivity index (χ1n) is 30.6. The lowest BCUT2D eigenvalue weighted by molar-refractivity contribution is -0.157. The summed E-state index contributed by atoms with van der Waals surface area (Å²) in [6, 6.07) is 0. The van der Waals surface area contributed by atoms with Crippen LogP contribution in [0.1, 0.15) is 240 Å². The van der Waals surface area contributed by atoms with Gasteiger partial charge in [-0.15, -0.1) is 0 Å². The number of nitrogens with zero attached hydrogens (tertiary/aromatic N) is 2. The summed E-state index contributed by atoms with van der Waals surface area (Å²) < 4.78 is 40.3. The zero-order valence-corrected chi connectivity index (χ0v) is 48.8. The topological polar surface area (TPSA) is 191 Å². The fourth-order valence-corrected chi connectivity index (χ4v) is 9.60. The number of rotatable bonds is 44. The summed E-state index contributed by atoms with van der Waals surface area (Å²) in [6.45, 7) is 9.80. The quantitative estimate of drug-likeness (QED) is 0.0242. The number of hydrogen-bond acceptors (Lipinski definition) is 15. The lowest BCUT2D eigenvalue weighted by Crippen LogP contribution is -2.42. The van der Waals surface area contributed by atoms with Gasteiger partial charge < -0.3 is 43.0 Å². The predicted octanol–water partition coefficient (Wildman–Crippen LogP) is 12.7. The van der Waals surface area contributed by atoms with Crippen molar-refractivity contribution in [3.05, 3.63) is 12.2 Å². The molecule has 0 aromatic rings. The average molecular weight is 1090 g/mol. The zero-order chi connectivity index (χ0) is 56.1. The number of amides is 1. The van der Waals surface area contributed by atoms with E-state index in [0.717, 1.165) is 161 Å². The van der Waals surface area contributed by atoms with E-state index in [1.165, 1.54) is 4.90 Å². The van der Waals surface area contributed by atoms with Crippen LogP contribution < -0.4 is 0 Å². The standard InChI is InChI=1S/C61H106N2O14/c1-6-10-14-18-22-26-33-55(64)71-46-51(47-72-56(65)34-27-23-19-15-11-7-2)40-59(68)76-53-37-38-54(44-63(43-53)61(70)75-45-50-32-30-31-39-62(5)42-50)77-60(69)41-52(48-73-57(66)35-28-24-20-16-12-8-3)49-74-58(67)36-29-25-21-17-13-9-4/h37-38,50-54H,6-36,39-49H2,1-5H3/t50?,53-,54-/m0/s1. The van der Waals surface area contributed by atoms with E-state index in [-0.39, 0.29) is 114 Å². The van der Waals surface area contributed by atoms with Crippen molar-refractivity contribution in [1.29, 1.82) is 0 Å². The molecule has 77 heavy (non-hydrogen) atoms. The number of hydrogen-bond donors (Lipinski definition) is 0. The molecule has 1 fully saturated rings. The monoisotopic (exact) mass is 1090 g/mol. The van der Waals surface area contributed by atoms with Crippen LogP contribution in [0.2, 0.25) is 0 Å². The molecule has 2 aliphatic heterocycles. The van der Waals surface area contributed by atoms with Crippen LogP contribution in [0.25, 0.3) is 0 Å². The molecule has 0 aliphatic carbocycles. The summed E-state index contributed by atoms with van der Waals surface area (Å²) >= 11 is 0. The number of unbranched alkanes of at least 4 members (excludes halogenated alkanes) is 20. The largest absolute Gasteiger partial charge is 0.465 e. The minimum absolute atomic E-state index is 0.101. The minimum atomic E-state index is -0.973. The maximum atomic E-state index is 13.9. The van der Waals surface area contributed by atoms with Crippen molar-refractivity contribution < 1.29 is 66.7 Å². The minimum Gasteiger partial charge on any atom is -0.465 e. The van der Waals surface area contributed by atoms with Gasteiger partial charge in [0.1, 0.15) is 12.2 Å². The third kappa shape index (κ3) is 37.3. The lowest BCUT2D eigenvalue weighted by Gasteiger charge is -2.27. The predicted molar refractivity (Wildman–Crippen MR) is 299 cm³/mol. The average Bonchev–Trinajstić information content (AvgIpc) is 3.75. The van der Waals surface area contributed by atoms with Crippen molar-refractivity contribution in [2.24, 2.45) is 17.8 Å². The Labute approximate surface area is 464 Å². The number of carbonyl (C=O) groups excluding carboxylic acids is 7. The number of likely N-dealkylation sites (tertiary alicyclic amines) is 1. The van der Waals surface area contributed by atoms with Crippen molar-refractivity contribution in [3.8, 4) is 0 Å². The fraction of sp³-hybridized carbons (Fsp3) is 0.852. The Morgan fingerprint density at radius 2 is 0.766 bits per heavy atom. The van der Waals surface area contributed by atoms with E-state index in [1.807, 2.05) is 0 Å². The van der Waals surface area contributed by atoms with Gasteiger partial charge in [-0.2, -0.15) is 0 Å². The molecule has 1 saturated heterocycles. The van der Waals surface area contributed by atoms with Gasteiger partial charge >= 0.3 is 41.9 Å². The highest BCUT2D eigenvalue weighted by molar-refractivity contribution is 5.73. The van der Waals surface area contributed by atoms with Crippen LogP contribution in [0.5, 0.6) is 0 Å². The van der Waals surface area contributed by atoms with E-state index in [2.05, 4.69) is 39.6 Å². The molecular weight excluding hydrogens is 985 g/mol. The number of carbonyl (C=O) groups is 7. The zero-order valence-electron chi connectivity index (χ0n) is 48.8. The molecule has 0 aromatic carbocycles. The molecule has 0 spiro atoms. The first-order chi connectivity index (χ1) is 37.3. The highest BCUT2D eigenvalue weighted by atomic mass is 16.6. The number of esters is 6. The van der Waals surface area contributed by atoms with Gasteiger partial charge in [0, 0.05) is 50.0 Å². The molecule has 2 rings (SSSR count). The van der Waals surface area contributed by atoms with Crippen molar-refractivity contribution in [3.63, 3.8) is 0 Å². The third-order valence-corrected chi connectivity index (χ3v) is 14.3. The molecule has 0 bridgehead atoms. The second-order valence-electron chi connectivity index (χ2n) is 22.0. The van der Waals surface area contributed by atoms with E-state index in [0.29, 0.717) is 25.7 Å². The summed E-state index contributed by atoms with van der Waals surface area (Å²) in [5, 5.41) is 0. The van der Waals surface area contributed by atoms with Crippen molar-refractivity contribution in [2.75, 3.05) is 66.3 Å². The molecule has 16 heteroatoms. The maximum Gasteiger partial charge on any atom is 0.410 e. The molecule has 0 radical (unpaired) electrons. The Balaban J connectivity index is 2.22. The van der Waals surface area contributed by atoms with Crippen LogP contribution in [0.3, 0.4) is 0 Å². The van der Waals surface area contributed by atoms with E-state index in [9.17, 15) is 33.6 Å². The lowest BCUT2D eigenvalue weighted by atomic mass is 10.1. The number of ether oxygens (including phenoxy) is 7. The molecule has 1 unspecified atom stereocenters. The van der Waals surface area contributed by atoms with Crippen molar-refractivity contribution in [2.45, 2.75) is 252 Å². The summed E-state index contributed by atoms with van der Waals surface area (Å²) in [4.78, 5) is 96.3. The first kappa shape index (κ1) is 68.9. The molecule has 1 amide bonds. The van der Waals surface area contributed by atoms with Crippen LogP contribution in [0.15, 0.2) is 12.2 Å². The van der Waals surface area contributed by atoms with E-state index in [1.54, 1.807) is 12.2 Å². The van der Waals surface area contributed by atoms with Crippen LogP contribution in [-0.4, -0.2) is 130 Å². The van der Waals surface area contributed by atoms with Crippen molar-refractivity contribution in [1.82, 2.24) is 9.80 Å². The molecule has 444 valence electrons. The van der Waals surface area contributed by atoms with Gasteiger partial charge in [0.15, 0.2) is 0 Å². The van der Waals surface area contributed by atoms with Crippen LogP contribution in [0.4, 0.5) is 4.79 Å². The summed E-state index contributed by atoms with van der Waals surface area (Å²) in [6.07, 6.45) is 28.5. The summed E-state index contributed by atoms with van der Waals surface area (Å²) in [5.41, 5.74) is 0. The first-order valence-corrected chi connectivity index (χ1v) is 30.6. The molecular formula is C61H106N2O14. The molecule has 0 N–H and O–H groups in total. The van der Waals surface area contributed by atoms with Gasteiger partial charge in [0.05, 0.1) is 59.0 Å². The second kappa shape index (κ2) is 45.6. The third-order valence-electron chi connectivity index (χ3n) is 14.3. The summed E-state index contributed by atoms with van der Waals surface area (Å²) in [5.74, 6) is -4.06. The van der Waals surface area contributed by atoms with Gasteiger partial charge in [-0.05, 0) is 64.3 Å². The normalized spacial score (nSPS) is 16.9. The SMILES string of the molecule is CCCCCCCCC(=O)OCC(COC(=O)CCCCCCCC)CC(=O)O[C@H]1C=C[C@H](OC(=O)CC(COC(=O)CCCCCCCC)COC(=O)CCCCCCCC)CN(C(=O)OCC2CCCCN(C)C2)C1. The second-order valence-corrected chi connectivity index (χ2v) is 22.0. The maximum absolute atomic E-state index is 13.9. The van der Waals surface area contributed by atoms with Gasteiger partial charge in [-0.3, -0.25) is 28.8 Å². The molecule has 3 atom stereocenters. The Hall–Kier alpha value is -4.21. The molecule has 16 nitrogen and oxygen atoms in total. The fourth-order valence-electron chi connectivity index (χ4n) is 9.60. The Bertz CT molecular complexity index is 1480. The van der Waals surface area contributed by atoms with E-state index >= 15 is 0 Å². The summed E-state index contributed by atoms with van der Waals surface area (Å²) in [7, 11) is 2.05. The van der Waals surface area contributed by atoms with Gasteiger partial charge in [0.25, 0.3) is 0 Å². The van der Waals surface area contributed by atoms with Crippen molar-refractivity contribution >= 4 is 41.9 Å². The van der Waals surface area contributed by atoms with Crippen LogP contribution in [0, 0.1) is 17.8 Å². The van der Waals surface area contributed by atoms with Gasteiger partial charge in [0.2, 0.25) is 0 Å². The van der Waals surface area contributed by atoms with Crippen LogP contribution in [-0.2, 0) is 61.9 Å². The smallest absolute Gasteiger partial charge is 0.410 e. The van der Waals surface area contributed by atoms with Gasteiger partial charge in [-0.25, -0.2) is 4.79 Å². The Morgan fingerprint density at radius 3 is 1.12 bits per heavy atom. The highest BCUT2D eigenvalue weighted by Gasteiger charge is 2.31. The molecule has 2 heterocycles. The van der Waals surface area contributed by atoms with E-state index in [4.69, 9.17) is 33.2 Å². The molecule has 2 aliphatic rings. The molecule has 0 saturated carbocycles. The van der Waals surface area contributed by atoms with E-state index < -0.39 is 42.1 Å².